The summed E-state index contributed by atoms with van der Waals surface area (Å²) in [5, 5.41) is 0. The number of anilines is 2. The minimum absolute atomic E-state index is 0.247. The molecule has 1 aliphatic heterocycles. The Balaban J connectivity index is 1.48. The molecule has 3 aromatic rings. The third kappa shape index (κ3) is 2.82. The number of primary amides is 1. The van der Waals surface area contributed by atoms with Gasteiger partial charge in [0.25, 0.3) is 5.56 Å². The number of rotatable bonds is 3. The standard InChI is InChI=1S/C17H17N5O3/c18-15(23)11-1-3-12(4-2-11)21-6-8-22(9-7-21)17-19-13-5-10-25-14(13)16(24)20-17/h1-5,10H,6-9H2,(H2,18,23)(H,19,20,24). The van der Waals surface area contributed by atoms with Crippen LogP contribution in [0.25, 0.3) is 11.1 Å². The Kier molecular flexibility index (Phi) is 3.64. The van der Waals surface area contributed by atoms with Gasteiger partial charge >= 0.3 is 0 Å². The molecule has 4 rings (SSSR count). The smallest absolute Gasteiger partial charge is 0.295 e. The quantitative estimate of drug-likeness (QED) is 0.735. The van der Waals surface area contributed by atoms with Gasteiger partial charge < -0.3 is 20.0 Å². The minimum Gasteiger partial charge on any atom is -0.457 e. The van der Waals surface area contributed by atoms with Gasteiger partial charge in [-0.25, -0.2) is 4.98 Å². The molecule has 0 spiro atoms. The summed E-state index contributed by atoms with van der Waals surface area (Å²) in [4.78, 5) is 34.7. The normalized spacial score (nSPS) is 14.9. The van der Waals surface area contributed by atoms with Crippen molar-refractivity contribution in [2.75, 3.05) is 36.0 Å². The lowest BCUT2D eigenvalue weighted by molar-refractivity contribution is 0.100. The molecule has 1 aromatic carbocycles. The van der Waals surface area contributed by atoms with Crippen LogP contribution < -0.4 is 21.1 Å². The first-order valence-electron chi connectivity index (χ1n) is 7.99. The van der Waals surface area contributed by atoms with E-state index in [1.54, 1.807) is 18.2 Å². The molecule has 0 aliphatic carbocycles. The molecular weight excluding hydrogens is 322 g/mol. The Hall–Kier alpha value is -3.29. The second-order valence-corrected chi connectivity index (χ2v) is 5.91. The van der Waals surface area contributed by atoms with Gasteiger partial charge in [-0.1, -0.05) is 0 Å². The monoisotopic (exact) mass is 339 g/mol. The molecule has 3 heterocycles. The van der Waals surface area contributed by atoms with Crippen LogP contribution >= 0.6 is 0 Å². The Morgan fingerprint density at radius 3 is 2.44 bits per heavy atom. The maximum absolute atomic E-state index is 12.0. The first-order chi connectivity index (χ1) is 12.1. The zero-order valence-electron chi connectivity index (χ0n) is 13.4. The fourth-order valence-electron chi connectivity index (χ4n) is 3.02. The third-order valence-corrected chi connectivity index (χ3v) is 4.40. The zero-order valence-corrected chi connectivity index (χ0v) is 13.4. The summed E-state index contributed by atoms with van der Waals surface area (Å²) in [6.45, 7) is 3.01. The number of aromatic nitrogens is 2. The van der Waals surface area contributed by atoms with Crippen molar-refractivity contribution in [1.29, 1.82) is 0 Å². The summed E-state index contributed by atoms with van der Waals surface area (Å²) in [6, 6.07) is 8.94. The van der Waals surface area contributed by atoms with Crippen LogP contribution in [-0.2, 0) is 0 Å². The van der Waals surface area contributed by atoms with Crippen LogP contribution in [-0.4, -0.2) is 42.1 Å². The molecule has 1 amide bonds. The molecule has 128 valence electrons. The van der Waals surface area contributed by atoms with E-state index >= 15 is 0 Å². The number of nitrogens with one attached hydrogen (secondary N) is 1. The number of nitrogens with zero attached hydrogens (tertiary/aromatic N) is 3. The van der Waals surface area contributed by atoms with Crippen LogP contribution in [0.15, 0.2) is 45.8 Å². The zero-order chi connectivity index (χ0) is 17.4. The molecule has 0 saturated carbocycles. The molecular formula is C17H17N5O3. The number of piperazine rings is 1. The fraction of sp³-hybridized carbons (Fsp3) is 0.235. The van der Waals surface area contributed by atoms with Gasteiger partial charge in [0, 0.05) is 43.5 Å². The topological polar surface area (TPSA) is 108 Å². The molecule has 1 aliphatic rings. The molecule has 0 atom stereocenters. The molecule has 0 radical (unpaired) electrons. The van der Waals surface area contributed by atoms with E-state index in [1.165, 1.54) is 6.26 Å². The molecule has 1 saturated heterocycles. The lowest BCUT2D eigenvalue weighted by Crippen LogP contribution is -2.47. The Morgan fingerprint density at radius 1 is 1.08 bits per heavy atom. The maximum Gasteiger partial charge on any atom is 0.295 e. The Morgan fingerprint density at radius 2 is 1.76 bits per heavy atom. The number of amides is 1. The van der Waals surface area contributed by atoms with Crippen molar-refractivity contribution in [3.63, 3.8) is 0 Å². The van der Waals surface area contributed by atoms with Crippen LogP contribution in [0.2, 0.25) is 0 Å². The van der Waals surface area contributed by atoms with E-state index in [1.807, 2.05) is 17.0 Å². The van der Waals surface area contributed by atoms with E-state index < -0.39 is 5.91 Å². The number of furan rings is 1. The van der Waals surface area contributed by atoms with Gasteiger partial charge in [0.1, 0.15) is 5.52 Å². The lowest BCUT2D eigenvalue weighted by atomic mass is 10.1. The van der Waals surface area contributed by atoms with Crippen molar-refractivity contribution in [3.05, 3.63) is 52.5 Å². The summed E-state index contributed by atoms with van der Waals surface area (Å²) in [7, 11) is 0. The van der Waals surface area contributed by atoms with Crippen LogP contribution in [0.1, 0.15) is 10.4 Å². The van der Waals surface area contributed by atoms with E-state index in [2.05, 4.69) is 14.9 Å². The Labute approximate surface area is 142 Å². The minimum atomic E-state index is -0.430. The number of carbonyl (C=O) groups is 1. The average molecular weight is 339 g/mol. The van der Waals surface area contributed by atoms with Gasteiger partial charge in [0.15, 0.2) is 0 Å². The maximum atomic E-state index is 12.0. The van der Waals surface area contributed by atoms with E-state index in [9.17, 15) is 9.59 Å². The highest BCUT2D eigenvalue weighted by molar-refractivity contribution is 5.93. The highest BCUT2D eigenvalue weighted by Crippen LogP contribution is 2.19. The molecule has 2 aromatic heterocycles. The van der Waals surface area contributed by atoms with Crippen LogP contribution in [0.3, 0.4) is 0 Å². The summed E-state index contributed by atoms with van der Waals surface area (Å²) in [6.07, 6.45) is 1.46. The number of aromatic amines is 1. The molecule has 8 heteroatoms. The average Bonchev–Trinajstić information content (AvgIpc) is 3.11. The van der Waals surface area contributed by atoms with Gasteiger partial charge in [-0.05, 0) is 24.3 Å². The molecule has 0 unspecified atom stereocenters. The molecule has 25 heavy (non-hydrogen) atoms. The number of hydrogen-bond acceptors (Lipinski definition) is 6. The van der Waals surface area contributed by atoms with Crippen LogP contribution in [0.5, 0.6) is 0 Å². The van der Waals surface area contributed by atoms with E-state index in [-0.39, 0.29) is 11.1 Å². The highest BCUT2D eigenvalue weighted by Gasteiger charge is 2.20. The van der Waals surface area contributed by atoms with E-state index in [0.717, 1.165) is 31.9 Å². The van der Waals surface area contributed by atoms with Gasteiger partial charge in [-0.15, -0.1) is 0 Å². The molecule has 8 nitrogen and oxygen atoms in total. The first-order valence-corrected chi connectivity index (χ1v) is 7.99. The van der Waals surface area contributed by atoms with Gasteiger partial charge in [0.05, 0.1) is 6.26 Å². The summed E-state index contributed by atoms with van der Waals surface area (Å²) < 4.78 is 5.13. The van der Waals surface area contributed by atoms with Gasteiger partial charge in [0.2, 0.25) is 17.4 Å². The molecule has 1 fully saturated rings. The summed E-state index contributed by atoms with van der Waals surface area (Å²) in [5.41, 5.74) is 7.34. The predicted molar refractivity (Wildman–Crippen MR) is 94.0 cm³/mol. The predicted octanol–water partition coefficient (Wildman–Crippen LogP) is 0.942. The van der Waals surface area contributed by atoms with Crippen LogP contribution in [0, 0.1) is 0 Å². The van der Waals surface area contributed by atoms with Crippen molar-refractivity contribution < 1.29 is 9.21 Å². The highest BCUT2D eigenvalue weighted by atomic mass is 16.3. The fourth-order valence-corrected chi connectivity index (χ4v) is 3.02. The van der Waals surface area contributed by atoms with Crippen LogP contribution in [0.4, 0.5) is 11.6 Å². The second-order valence-electron chi connectivity index (χ2n) is 5.91. The molecule has 3 N–H and O–H groups in total. The largest absolute Gasteiger partial charge is 0.457 e. The second kappa shape index (κ2) is 5.97. The van der Waals surface area contributed by atoms with Crippen molar-refractivity contribution in [3.8, 4) is 0 Å². The number of fused-ring (bicyclic) bond motifs is 1. The van der Waals surface area contributed by atoms with Crippen molar-refractivity contribution in [1.82, 2.24) is 9.97 Å². The summed E-state index contributed by atoms with van der Waals surface area (Å²) in [5.74, 6) is 0.128. The number of carbonyl (C=O) groups excluding carboxylic acids is 1. The van der Waals surface area contributed by atoms with Crippen molar-refractivity contribution in [2.45, 2.75) is 0 Å². The SMILES string of the molecule is NC(=O)c1ccc(N2CCN(c3nc4ccoc4c(=O)[nH]3)CC2)cc1. The third-order valence-electron chi connectivity index (χ3n) is 4.40. The van der Waals surface area contributed by atoms with Crippen molar-refractivity contribution >= 4 is 28.6 Å². The van der Waals surface area contributed by atoms with E-state index in [0.29, 0.717) is 17.0 Å². The lowest BCUT2D eigenvalue weighted by Gasteiger charge is -2.36. The van der Waals surface area contributed by atoms with Gasteiger partial charge in [-0.3, -0.25) is 14.6 Å². The number of H-pyrrole nitrogens is 1. The number of hydrogen-bond donors (Lipinski definition) is 2. The van der Waals surface area contributed by atoms with Gasteiger partial charge in [-0.2, -0.15) is 0 Å². The first kappa shape index (κ1) is 15.3. The van der Waals surface area contributed by atoms with E-state index in [4.69, 9.17) is 10.2 Å². The number of nitrogens with two attached hydrogens (primary N) is 1. The molecule has 0 bridgehead atoms. The Bertz CT molecular complexity index is 968. The number of benzene rings is 1. The van der Waals surface area contributed by atoms with Crippen molar-refractivity contribution in [2.24, 2.45) is 5.73 Å². The summed E-state index contributed by atoms with van der Waals surface area (Å²) >= 11 is 0.